The van der Waals surface area contributed by atoms with Gasteiger partial charge in [0, 0.05) is 32.9 Å². The van der Waals surface area contributed by atoms with Gasteiger partial charge in [0.25, 0.3) is 11.8 Å². The molecular formula is C27H33N3O3. The SMILES string of the molecule is CCCOc1ccc(C2=C(N3CCCC(C)C3)C(=O)N(c3ccc(N(C)C)cc3)C2=O)cc1. The number of anilines is 2. The molecule has 2 amide bonds. The molecule has 0 radical (unpaired) electrons. The second kappa shape index (κ2) is 9.69. The smallest absolute Gasteiger partial charge is 0.282 e. The van der Waals surface area contributed by atoms with E-state index in [1.54, 1.807) is 0 Å². The quantitative estimate of drug-likeness (QED) is 0.583. The van der Waals surface area contributed by atoms with Crippen molar-refractivity contribution < 1.29 is 14.3 Å². The van der Waals surface area contributed by atoms with E-state index in [-0.39, 0.29) is 11.8 Å². The lowest BCUT2D eigenvalue weighted by Gasteiger charge is -2.33. The lowest BCUT2D eigenvalue weighted by molar-refractivity contribution is -0.120. The maximum Gasteiger partial charge on any atom is 0.282 e. The summed E-state index contributed by atoms with van der Waals surface area (Å²) in [5.41, 5.74) is 3.35. The van der Waals surface area contributed by atoms with Gasteiger partial charge in [-0.15, -0.1) is 0 Å². The van der Waals surface area contributed by atoms with E-state index in [2.05, 4.69) is 18.7 Å². The second-order valence-corrected chi connectivity index (χ2v) is 9.15. The van der Waals surface area contributed by atoms with Crippen LogP contribution in [0.1, 0.15) is 38.7 Å². The summed E-state index contributed by atoms with van der Waals surface area (Å²) >= 11 is 0. The number of carbonyl (C=O) groups excluding carboxylic acids is 2. The van der Waals surface area contributed by atoms with E-state index in [4.69, 9.17) is 4.74 Å². The van der Waals surface area contributed by atoms with Gasteiger partial charge in [-0.2, -0.15) is 0 Å². The summed E-state index contributed by atoms with van der Waals surface area (Å²) < 4.78 is 5.71. The van der Waals surface area contributed by atoms with E-state index in [9.17, 15) is 9.59 Å². The third-order valence-corrected chi connectivity index (χ3v) is 6.27. The Hall–Kier alpha value is -3.28. The third kappa shape index (κ3) is 4.61. The standard InChI is InChI=1S/C27H33N3O3/c1-5-17-33-23-14-8-20(9-15-23)24-25(29-16-6-7-19(2)18-29)27(32)30(26(24)31)22-12-10-21(11-13-22)28(3)4/h8-15,19H,5-7,16-18H2,1-4H3. The summed E-state index contributed by atoms with van der Waals surface area (Å²) in [6.07, 6.45) is 3.08. The molecule has 1 saturated heterocycles. The average Bonchev–Trinajstić information content (AvgIpc) is 3.08. The van der Waals surface area contributed by atoms with Crippen LogP contribution >= 0.6 is 0 Å². The molecule has 2 heterocycles. The first-order valence-electron chi connectivity index (χ1n) is 11.8. The number of hydrogen-bond donors (Lipinski definition) is 0. The molecule has 2 aliphatic rings. The van der Waals surface area contributed by atoms with Crippen LogP contribution in [0.4, 0.5) is 11.4 Å². The molecule has 1 atom stereocenters. The zero-order valence-corrected chi connectivity index (χ0v) is 20.0. The molecule has 2 aromatic rings. The monoisotopic (exact) mass is 447 g/mol. The van der Waals surface area contributed by atoms with E-state index in [0.717, 1.165) is 49.4 Å². The topological polar surface area (TPSA) is 53.1 Å². The number of hydrogen-bond acceptors (Lipinski definition) is 5. The highest BCUT2D eigenvalue weighted by atomic mass is 16.5. The number of benzene rings is 2. The minimum atomic E-state index is -0.270. The van der Waals surface area contributed by atoms with Crippen molar-refractivity contribution in [1.29, 1.82) is 0 Å². The van der Waals surface area contributed by atoms with Gasteiger partial charge in [0.05, 0.1) is 17.9 Å². The molecule has 0 aromatic heterocycles. The molecule has 0 bridgehead atoms. The van der Waals surface area contributed by atoms with Crippen molar-refractivity contribution in [2.75, 3.05) is 43.6 Å². The average molecular weight is 448 g/mol. The third-order valence-electron chi connectivity index (χ3n) is 6.27. The first-order chi connectivity index (χ1) is 15.9. The normalized spacial score (nSPS) is 18.8. The van der Waals surface area contributed by atoms with Crippen LogP contribution in [0.3, 0.4) is 0 Å². The zero-order valence-electron chi connectivity index (χ0n) is 20.0. The molecule has 2 aromatic carbocycles. The van der Waals surface area contributed by atoms with E-state index in [0.29, 0.717) is 29.5 Å². The minimum Gasteiger partial charge on any atom is -0.494 e. The van der Waals surface area contributed by atoms with Gasteiger partial charge in [-0.25, -0.2) is 4.90 Å². The Morgan fingerprint density at radius 3 is 2.30 bits per heavy atom. The van der Waals surface area contributed by atoms with Crippen LogP contribution in [0.2, 0.25) is 0 Å². The predicted octanol–water partition coefficient (Wildman–Crippen LogP) is 4.56. The molecule has 0 N–H and O–H groups in total. The Bertz CT molecular complexity index is 1040. The fourth-order valence-electron chi connectivity index (χ4n) is 4.54. The largest absolute Gasteiger partial charge is 0.494 e. The van der Waals surface area contributed by atoms with Crippen molar-refractivity contribution in [1.82, 2.24) is 4.90 Å². The van der Waals surface area contributed by atoms with Crippen LogP contribution in [-0.2, 0) is 9.59 Å². The summed E-state index contributed by atoms with van der Waals surface area (Å²) in [7, 11) is 3.93. The van der Waals surface area contributed by atoms with Crippen molar-refractivity contribution in [2.24, 2.45) is 5.92 Å². The maximum atomic E-state index is 13.7. The van der Waals surface area contributed by atoms with Crippen LogP contribution in [-0.4, -0.2) is 50.5 Å². The zero-order chi connectivity index (χ0) is 23.5. The molecule has 6 nitrogen and oxygen atoms in total. The summed E-state index contributed by atoms with van der Waals surface area (Å²) in [6.45, 7) is 6.47. The molecule has 1 fully saturated rings. The molecule has 0 saturated carbocycles. The molecule has 0 aliphatic carbocycles. The number of amides is 2. The molecule has 0 spiro atoms. The van der Waals surface area contributed by atoms with Gasteiger partial charge in [0.1, 0.15) is 11.4 Å². The number of rotatable bonds is 7. The highest BCUT2D eigenvalue weighted by Gasteiger charge is 2.43. The molecule has 174 valence electrons. The Balaban J connectivity index is 1.73. The molecule has 33 heavy (non-hydrogen) atoms. The summed E-state index contributed by atoms with van der Waals surface area (Å²) in [5, 5.41) is 0. The van der Waals surface area contributed by atoms with E-state index < -0.39 is 0 Å². The van der Waals surface area contributed by atoms with Crippen molar-refractivity contribution >= 4 is 28.8 Å². The van der Waals surface area contributed by atoms with Gasteiger partial charge in [-0.1, -0.05) is 26.0 Å². The van der Waals surface area contributed by atoms with Crippen LogP contribution < -0.4 is 14.5 Å². The van der Waals surface area contributed by atoms with Crippen LogP contribution in [0.25, 0.3) is 5.57 Å². The van der Waals surface area contributed by atoms with E-state index in [1.165, 1.54) is 4.90 Å². The number of nitrogens with zero attached hydrogens (tertiary/aromatic N) is 3. The lowest BCUT2D eigenvalue weighted by Crippen LogP contribution is -2.39. The lowest BCUT2D eigenvalue weighted by atomic mass is 9.97. The fraction of sp³-hybridized carbons (Fsp3) is 0.407. The van der Waals surface area contributed by atoms with Gasteiger partial charge in [-0.3, -0.25) is 9.59 Å². The van der Waals surface area contributed by atoms with E-state index in [1.807, 2.05) is 67.5 Å². The van der Waals surface area contributed by atoms with E-state index >= 15 is 0 Å². The van der Waals surface area contributed by atoms with Crippen LogP contribution in [0, 0.1) is 5.92 Å². The second-order valence-electron chi connectivity index (χ2n) is 9.15. The Morgan fingerprint density at radius 2 is 1.70 bits per heavy atom. The molecule has 6 heteroatoms. The van der Waals surface area contributed by atoms with Crippen LogP contribution in [0.15, 0.2) is 54.2 Å². The Labute approximate surface area is 196 Å². The van der Waals surface area contributed by atoms with Gasteiger partial charge in [0.15, 0.2) is 0 Å². The van der Waals surface area contributed by atoms with Crippen LogP contribution in [0.5, 0.6) is 5.75 Å². The van der Waals surface area contributed by atoms with Gasteiger partial charge >= 0.3 is 0 Å². The maximum absolute atomic E-state index is 13.7. The summed E-state index contributed by atoms with van der Waals surface area (Å²) in [5.74, 6) is 0.733. The number of likely N-dealkylation sites (tertiary alicyclic amines) is 1. The Kier molecular flexibility index (Phi) is 6.72. The van der Waals surface area contributed by atoms with Crippen molar-refractivity contribution in [3.8, 4) is 5.75 Å². The summed E-state index contributed by atoms with van der Waals surface area (Å²) in [4.78, 5) is 32.8. The fourth-order valence-corrected chi connectivity index (χ4v) is 4.54. The van der Waals surface area contributed by atoms with Gasteiger partial charge in [0.2, 0.25) is 0 Å². The van der Waals surface area contributed by atoms with Crippen molar-refractivity contribution in [3.63, 3.8) is 0 Å². The molecule has 2 aliphatic heterocycles. The van der Waals surface area contributed by atoms with Crippen molar-refractivity contribution in [2.45, 2.75) is 33.1 Å². The first kappa shape index (κ1) is 22.9. The summed E-state index contributed by atoms with van der Waals surface area (Å²) in [6, 6.07) is 15.1. The first-order valence-corrected chi connectivity index (χ1v) is 11.8. The number of piperidine rings is 1. The number of ether oxygens (including phenoxy) is 1. The predicted molar refractivity (Wildman–Crippen MR) is 132 cm³/mol. The highest BCUT2D eigenvalue weighted by Crippen LogP contribution is 2.37. The van der Waals surface area contributed by atoms with Gasteiger partial charge in [-0.05, 0) is 67.1 Å². The molecular weight excluding hydrogens is 414 g/mol. The number of imide groups is 1. The molecule has 1 unspecified atom stereocenters. The minimum absolute atomic E-state index is 0.243. The molecule has 4 rings (SSSR count). The Morgan fingerprint density at radius 1 is 1.00 bits per heavy atom. The number of carbonyl (C=O) groups is 2. The van der Waals surface area contributed by atoms with Crippen molar-refractivity contribution in [3.05, 3.63) is 59.8 Å². The highest BCUT2D eigenvalue weighted by molar-refractivity contribution is 6.45. The van der Waals surface area contributed by atoms with Gasteiger partial charge < -0.3 is 14.5 Å².